The monoisotopic (exact) mass is 190 g/mol. The van der Waals surface area contributed by atoms with Crippen LogP contribution in [0.5, 0.6) is 0 Å². The van der Waals surface area contributed by atoms with Gasteiger partial charge in [-0.3, -0.25) is 0 Å². The minimum Gasteiger partial charge on any atom is -0.0599 e. The lowest BCUT2D eigenvalue weighted by Crippen LogP contribution is -2.10. The van der Waals surface area contributed by atoms with Crippen LogP contribution in [-0.4, -0.2) is 0 Å². The first kappa shape index (κ1) is 11.3. The van der Waals surface area contributed by atoms with Crippen LogP contribution in [0.3, 0.4) is 0 Å². The summed E-state index contributed by atoms with van der Waals surface area (Å²) in [5, 5.41) is 0. The van der Waals surface area contributed by atoms with Crippen LogP contribution in [0.25, 0.3) is 0 Å². The molecule has 0 aromatic heterocycles. The average Bonchev–Trinajstić information content (AvgIpc) is 1.97. The van der Waals surface area contributed by atoms with Gasteiger partial charge in [0, 0.05) is 0 Å². The number of aryl methyl sites for hydroxylation is 3. The van der Waals surface area contributed by atoms with Gasteiger partial charge in [0.15, 0.2) is 0 Å². The Morgan fingerprint density at radius 1 is 0.857 bits per heavy atom. The van der Waals surface area contributed by atoms with E-state index in [1.807, 2.05) is 0 Å². The number of hydrogen-bond donors (Lipinski definition) is 0. The van der Waals surface area contributed by atoms with E-state index in [9.17, 15) is 0 Å². The zero-order valence-electron chi connectivity index (χ0n) is 10.4. The number of hydrogen-bond acceptors (Lipinski definition) is 0. The molecular weight excluding hydrogens is 168 g/mol. The standard InChI is InChI=1S/C14H22/c1-10-7-12(3)13(8-11(10)2)9-14(4,5)6/h7-8H,9H2,1-6H3. The fourth-order valence-corrected chi connectivity index (χ4v) is 1.78. The summed E-state index contributed by atoms with van der Waals surface area (Å²) in [7, 11) is 0. The summed E-state index contributed by atoms with van der Waals surface area (Å²) in [5.74, 6) is 0. The first-order valence-corrected chi connectivity index (χ1v) is 5.36. The highest BCUT2D eigenvalue weighted by Crippen LogP contribution is 2.24. The molecule has 0 heterocycles. The summed E-state index contributed by atoms with van der Waals surface area (Å²) in [6.45, 7) is 13.5. The van der Waals surface area contributed by atoms with Crippen molar-refractivity contribution in [3.8, 4) is 0 Å². The Morgan fingerprint density at radius 3 is 1.86 bits per heavy atom. The molecule has 0 aliphatic carbocycles. The van der Waals surface area contributed by atoms with Crippen LogP contribution in [0.15, 0.2) is 12.1 Å². The normalized spacial score (nSPS) is 11.9. The Labute approximate surface area is 88.4 Å². The average molecular weight is 190 g/mol. The Bertz CT molecular complexity index is 327. The van der Waals surface area contributed by atoms with Crippen LogP contribution in [-0.2, 0) is 6.42 Å². The van der Waals surface area contributed by atoms with E-state index < -0.39 is 0 Å². The first-order chi connectivity index (χ1) is 6.29. The zero-order chi connectivity index (χ0) is 10.9. The highest BCUT2D eigenvalue weighted by Gasteiger charge is 2.13. The smallest absolute Gasteiger partial charge is 0.0227 e. The summed E-state index contributed by atoms with van der Waals surface area (Å²) in [6, 6.07) is 4.65. The van der Waals surface area contributed by atoms with E-state index in [0.717, 1.165) is 0 Å². The van der Waals surface area contributed by atoms with Crippen LogP contribution in [0.1, 0.15) is 43.0 Å². The van der Waals surface area contributed by atoms with Gasteiger partial charge in [0.25, 0.3) is 0 Å². The highest BCUT2D eigenvalue weighted by molar-refractivity contribution is 5.36. The maximum Gasteiger partial charge on any atom is -0.0227 e. The van der Waals surface area contributed by atoms with Crippen LogP contribution < -0.4 is 0 Å². The third kappa shape index (κ3) is 2.87. The largest absolute Gasteiger partial charge is 0.0599 e. The van der Waals surface area contributed by atoms with Crippen molar-refractivity contribution >= 4 is 0 Å². The van der Waals surface area contributed by atoms with E-state index in [1.165, 1.54) is 28.7 Å². The maximum atomic E-state index is 2.34. The topological polar surface area (TPSA) is 0 Å². The fraction of sp³-hybridized carbons (Fsp3) is 0.571. The van der Waals surface area contributed by atoms with Crippen molar-refractivity contribution in [1.29, 1.82) is 0 Å². The van der Waals surface area contributed by atoms with E-state index in [0.29, 0.717) is 5.41 Å². The molecule has 78 valence electrons. The fourth-order valence-electron chi connectivity index (χ4n) is 1.78. The summed E-state index contributed by atoms with van der Waals surface area (Å²) in [5.41, 5.74) is 6.13. The molecule has 0 atom stereocenters. The SMILES string of the molecule is Cc1cc(C)c(CC(C)(C)C)cc1C. The van der Waals surface area contributed by atoms with Gasteiger partial charge in [0.2, 0.25) is 0 Å². The summed E-state index contributed by atoms with van der Waals surface area (Å²) < 4.78 is 0. The third-order valence-electron chi connectivity index (χ3n) is 2.67. The molecule has 1 rings (SSSR count). The van der Waals surface area contributed by atoms with Gasteiger partial charge < -0.3 is 0 Å². The quantitative estimate of drug-likeness (QED) is 0.622. The molecule has 0 fully saturated rings. The predicted molar refractivity (Wildman–Crippen MR) is 63.8 cm³/mol. The summed E-state index contributed by atoms with van der Waals surface area (Å²) in [4.78, 5) is 0. The van der Waals surface area contributed by atoms with E-state index in [1.54, 1.807) is 0 Å². The zero-order valence-corrected chi connectivity index (χ0v) is 10.4. The van der Waals surface area contributed by atoms with Gasteiger partial charge in [-0.1, -0.05) is 32.9 Å². The van der Waals surface area contributed by atoms with Gasteiger partial charge >= 0.3 is 0 Å². The molecule has 0 saturated carbocycles. The Hall–Kier alpha value is -0.780. The molecule has 0 radical (unpaired) electrons. The molecule has 0 unspecified atom stereocenters. The molecule has 1 aromatic carbocycles. The van der Waals surface area contributed by atoms with Gasteiger partial charge in [0.05, 0.1) is 0 Å². The second-order valence-corrected chi connectivity index (χ2v) is 5.60. The van der Waals surface area contributed by atoms with Gasteiger partial charge in [-0.15, -0.1) is 0 Å². The Kier molecular flexibility index (Phi) is 3.04. The minimum atomic E-state index is 0.381. The molecule has 0 N–H and O–H groups in total. The molecule has 0 bridgehead atoms. The predicted octanol–water partition coefficient (Wildman–Crippen LogP) is 4.20. The lowest BCUT2D eigenvalue weighted by atomic mass is 9.85. The van der Waals surface area contributed by atoms with E-state index >= 15 is 0 Å². The Morgan fingerprint density at radius 2 is 1.36 bits per heavy atom. The van der Waals surface area contributed by atoms with E-state index in [2.05, 4.69) is 53.7 Å². The molecule has 0 spiro atoms. The highest BCUT2D eigenvalue weighted by atomic mass is 14.2. The maximum absolute atomic E-state index is 2.34. The molecule has 14 heavy (non-hydrogen) atoms. The van der Waals surface area contributed by atoms with Gasteiger partial charge in [-0.25, -0.2) is 0 Å². The lowest BCUT2D eigenvalue weighted by Gasteiger charge is -2.20. The Balaban J connectivity index is 3.04. The molecular formula is C14H22. The third-order valence-corrected chi connectivity index (χ3v) is 2.67. The number of benzene rings is 1. The molecule has 0 saturated heterocycles. The molecule has 0 nitrogen and oxygen atoms in total. The van der Waals surface area contributed by atoms with Crippen molar-refractivity contribution < 1.29 is 0 Å². The molecule has 0 aliphatic heterocycles. The van der Waals surface area contributed by atoms with Gasteiger partial charge in [0.1, 0.15) is 0 Å². The summed E-state index contributed by atoms with van der Waals surface area (Å²) in [6.07, 6.45) is 1.17. The van der Waals surface area contributed by atoms with Crippen molar-refractivity contribution in [2.45, 2.75) is 48.0 Å². The molecule has 0 aliphatic rings. The second-order valence-electron chi connectivity index (χ2n) is 5.60. The molecule has 0 amide bonds. The van der Waals surface area contributed by atoms with E-state index in [-0.39, 0.29) is 0 Å². The van der Waals surface area contributed by atoms with Gasteiger partial charge in [-0.2, -0.15) is 0 Å². The number of rotatable bonds is 1. The second kappa shape index (κ2) is 3.76. The first-order valence-electron chi connectivity index (χ1n) is 5.36. The van der Waals surface area contributed by atoms with Crippen LogP contribution in [0, 0.1) is 26.2 Å². The van der Waals surface area contributed by atoms with Crippen LogP contribution >= 0.6 is 0 Å². The van der Waals surface area contributed by atoms with Gasteiger partial charge in [-0.05, 0) is 54.9 Å². The van der Waals surface area contributed by atoms with Crippen molar-refractivity contribution in [3.63, 3.8) is 0 Å². The summed E-state index contributed by atoms with van der Waals surface area (Å²) >= 11 is 0. The van der Waals surface area contributed by atoms with Crippen molar-refractivity contribution in [2.24, 2.45) is 5.41 Å². The van der Waals surface area contributed by atoms with Crippen LogP contribution in [0.4, 0.5) is 0 Å². The minimum absolute atomic E-state index is 0.381. The van der Waals surface area contributed by atoms with Crippen molar-refractivity contribution in [3.05, 3.63) is 34.4 Å². The van der Waals surface area contributed by atoms with E-state index in [4.69, 9.17) is 0 Å². The van der Waals surface area contributed by atoms with Crippen LogP contribution in [0.2, 0.25) is 0 Å². The molecule has 0 heteroatoms. The van der Waals surface area contributed by atoms with Crippen molar-refractivity contribution in [1.82, 2.24) is 0 Å². The lowest BCUT2D eigenvalue weighted by molar-refractivity contribution is 0.410. The van der Waals surface area contributed by atoms with Crippen molar-refractivity contribution in [2.75, 3.05) is 0 Å². The molecule has 1 aromatic rings.